The zero-order chi connectivity index (χ0) is 14.2. The largest absolute Gasteiger partial charge is 0.484 e. The lowest BCUT2D eigenvalue weighted by atomic mass is 9.91. The summed E-state index contributed by atoms with van der Waals surface area (Å²) in [4.78, 5) is 10.3. The number of nitro benzene ring substituents is 1. The van der Waals surface area contributed by atoms with Crippen molar-refractivity contribution in [2.75, 3.05) is 7.11 Å². The number of rotatable bonds is 4. The maximum absolute atomic E-state index is 10.7. The van der Waals surface area contributed by atoms with E-state index in [-0.39, 0.29) is 38.5 Å². The summed E-state index contributed by atoms with van der Waals surface area (Å²) in [5.41, 5.74) is -0.169. The molecule has 1 aromatic carbocycles. The molecule has 0 N–H and O–H groups in total. The van der Waals surface area contributed by atoms with Gasteiger partial charge in [0.25, 0.3) is 5.69 Å². The first-order chi connectivity index (χ1) is 8.93. The molecule has 0 aromatic heterocycles. The molecule has 3 unspecified atom stereocenters. The summed E-state index contributed by atoms with van der Waals surface area (Å²) in [5, 5.41) is 10.9. The van der Waals surface area contributed by atoms with Gasteiger partial charge in [-0.15, -0.1) is 0 Å². The van der Waals surface area contributed by atoms with Gasteiger partial charge >= 0.3 is 0 Å². The van der Waals surface area contributed by atoms with Crippen LogP contribution < -0.4 is 4.74 Å². The molecule has 1 aromatic rings. The molecule has 0 heterocycles. The Bertz CT molecular complexity index is 490. The molecule has 1 fully saturated rings. The van der Waals surface area contributed by atoms with Crippen molar-refractivity contribution in [2.45, 2.75) is 23.5 Å². The van der Waals surface area contributed by atoms with Crippen LogP contribution in [0.1, 0.15) is 6.42 Å². The van der Waals surface area contributed by atoms with E-state index in [2.05, 4.69) is 15.9 Å². The minimum Gasteiger partial charge on any atom is -0.484 e. The summed E-state index contributed by atoms with van der Waals surface area (Å²) in [6, 6.07) is 2.43. The summed E-state index contributed by atoms with van der Waals surface area (Å²) in [7, 11) is 1.59. The van der Waals surface area contributed by atoms with Crippen LogP contribution in [0.15, 0.2) is 12.1 Å². The highest BCUT2D eigenvalue weighted by molar-refractivity contribution is 9.09. The van der Waals surface area contributed by atoms with Crippen LogP contribution in [0.2, 0.25) is 10.0 Å². The second-order valence-corrected chi connectivity index (χ2v) is 6.09. The average Bonchev–Trinajstić information content (AvgIpc) is 2.32. The summed E-state index contributed by atoms with van der Waals surface area (Å²) >= 11 is 15.4. The quantitative estimate of drug-likeness (QED) is 0.459. The SMILES string of the molecule is COC1C(Br)CC1Oc1c(Cl)cc([N+](=O)[O-])cc1Cl. The molecule has 3 atom stereocenters. The third-order valence-corrected chi connectivity index (χ3v) is 4.37. The van der Waals surface area contributed by atoms with Crippen molar-refractivity contribution in [2.24, 2.45) is 0 Å². The highest BCUT2D eigenvalue weighted by Gasteiger charge is 2.42. The molecule has 0 radical (unpaired) electrons. The molecule has 104 valence electrons. The van der Waals surface area contributed by atoms with Gasteiger partial charge in [0.15, 0.2) is 5.75 Å². The van der Waals surface area contributed by atoms with Crippen molar-refractivity contribution >= 4 is 44.8 Å². The molecule has 2 rings (SSSR count). The highest BCUT2D eigenvalue weighted by atomic mass is 79.9. The van der Waals surface area contributed by atoms with Crippen LogP contribution >= 0.6 is 39.1 Å². The lowest BCUT2D eigenvalue weighted by Gasteiger charge is -2.40. The van der Waals surface area contributed by atoms with Gasteiger partial charge in [-0.3, -0.25) is 10.1 Å². The van der Waals surface area contributed by atoms with Gasteiger partial charge in [0.2, 0.25) is 0 Å². The zero-order valence-electron chi connectivity index (χ0n) is 9.81. The maximum Gasteiger partial charge on any atom is 0.272 e. The van der Waals surface area contributed by atoms with E-state index in [9.17, 15) is 10.1 Å². The normalized spacial score (nSPS) is 25.8. The van der Waals surface area contributed by atoms with Gasteiger partial charge in [-0.2, -0.15) is 0 Å². The molecule has 19 heavy (non-hydrogen) atoms. The zero-order valence-corrected chi connectivity index (χ0v) is 12.9. The molecule has 8 heteroatoms. The fraction of sp³-hybridized carbons (Fsp3) is 0.455. The van der Waals surface area contributed by atoms with E-state index in [1.54, 1.807) is 7.11 Å². The first kappa shape index (κ1) is 14.8. The molecular weight excluding hydrogens is 361 g/mol. The third kappa shape index (κ3) is 2.97. The molecule has 0 spiro atoms. The van der Waals surface area contributed by atoms with Crippen LogP contribution in [0.5, 0.6) is 5.75 Å². The molecular formula is C11H10BrCl2NO4. The third-order valence-electron chi connectivity index (χ3n) is 2.92. The Kier molecular flexibility index (Phi) is 4.55. The number of alkyl halides is 1. The minimum absolute atomic E-state index is 0.0951. The van der Waals surface area contributed by atoms with Crippen molar-refractivity contribution in [3.8, 4) is 5.75 Å². The Morgan fingerprint density at radius 3 is 2.42 bits per heavy atom. The number of non-ortho nitro benzene ring substituents is 1. The van der Waals surface area contributed by atoms with Gasteiger partial charge in [0, 0.05) is 30.5 Å². The molecule has 5 nitrogen and oxygen atoms in total. The fourth-order valence-corrected chi connectivity index (χ4v) is 3.35. The van der Waals surface area contributed by atoms with E-state index in [1.165, 1.54) is 12.1 Å². The van der Waals surface area contributed by atoms with E-state index < -0.39 is 4.92 Å². The summed E-state index contributed by atoms with van der Waals surface area (Å²) in [6.07, 6.45) is 0.482. The van der Waals surface area contributed by atoms with Crippen molar-refractivity contribution in [1.29, 1.82) is 0 Å². The predicted octanol–water partition coefficient (Wildman–Crippen LogP) is 3.83. The Labute approximate surface area is 128 Å². The topological polar surface area (TPSA) is 61.6 Å². The Hall–Kier alpha value is -0.560. The number of benzene rings is 1. The number of methoxy groups -OCH3 is 1. The van der Waals surface area contributed by atoms with Crippen LogP contribution in [0.3, 0.4) is 0 Å². The highest BCUT2D eigenvalue weighted by Crippen LogP contribution is 2.41. The standard InChI is InChI=1S/C11H10BrCl2NO4/c1-18-10-6(12)4-9(10)19-11-7(13)2-5(15(16)17)3-8(11)14/h2-3,6,9-10H,4H2,1H3. The van der Waals surface area contributed by atoms with E-state index in [4.69, 9.17) is 32.7 Å². The molecule has 0 amide bonds. The average molecular weight is 371 g/mol. The second kappa shape index (κ2) is 5.83. The number of nitro groups is 1. The monoisotopic (exact) mass is 369 g/mol. The van der Waals surface area contributed by atoms with Crippen molar-refractivity contribution < 1.29 is 14.4 Å². The second-order valence-electron chi connectivity index (χ2n) is 4.10. The van der Waals surface area contributed by atoms with Crippen LogP contribution in [0.25, 0.3) is 0 Å². The summed E-state index contributed by atoms with van der Waals surface area (Å²) < 4.78 is 10.9. The Morgan fingerprint density at radius 1 is 1.42 bits per heavy atom. The fourth-order valence-electron chi connectivity index (χ4n) is 1.86. The van der Waals surface area contributed by atoms with Crippen LogP contribution in [0.4, 0.5) is 5.69 Å². The predicted molar refractivity (Wildman–Crippen MR) is 75.7 cm³/mol. The van der Waals surface area contributed by atoms with Gasteiger partial charge in [0.1, 0.15) is 12.2 Å². The van der Waals surface area contributed by atoms with Gasteiger partial charge in [-0.25, -0.2) is 0 Å². The lowest BCUT2D eigenvalue weighted by Crippen LogP contribution is -2.51. The van der Waals surface area contributed by atoms with E-state index in [0.717, 1.165) is 6.42 Å². The number of hydrogen-bond donors (Lipinski definition) is 0. The van der Waals surface area contributed by atoms with E-state index >= 15 is 0 Å². The smallest absolute Gasteiger partial charge is 0.272 e. The number of nitrogens with zero attached hydrogens (tertiary/aromatic N) is 1. The summed E-state index contributed by atoms with van der Waals surface area (Å²) in [6.45, 7) is 0. The van der Waals surface area contributed by atoms with Crippen LogP contribution in [0, 0.1) is 10.1 Å². The van der Waals surface area contributed by atoms with Gasteiger partial charge in [-0.1, -0.05) is 39.1 Å². The first-order valence-electron chi connectivity index (χ1n) is 5.41. The van der Waals surface area contributed by atoms with Crippen molar-refractivity contribution in [3.63, 3.8) is 0 Å². The van der Waals surface area contributed by atoms with E-state index in [0.29, 0.717) is 0 Å². The minimum atomic E-state index is -0.558. The van der Waals surface area contributed by atoms with Crippen LogP contribution in [-0.4, -0.2) is 29.1 Å². The Morgan fingerprint density at radius 2 is 2.00 bits per heavy atom. The number of halogens is 3. The maximum atomic E-state index is 10.7. The number of ether oxygens (including phenoxy) is 2. The van der Waals surface area contributed by atoms with Gasteiger partial charge in [-0.05, 0) is 0 Å². The number of hydrogen-bond acceptors (Lipinski definition) is 4. The van der Waals surface area contributed by atoms with Crippen LogP contribution in [-0.2, 0) is 4.74 Å². The first-order valence-corrected chi connectivity index (χ1v) is 7.08. The van der Waals surface area contributed by atoms with Crippen molar-refractivity contribution in [1.82, 2.24) is 0 Å². The molecule has 0 aliphatic heterocycles. The van der Waals surface area contributed by atoms with Crippen molar-refractivity contribution in [3.05, 3.63) is 32.3 Å². The van der Waals surface area contributed by atoms with Gasteiger partial charge in [0.05, 0.1) is 15.0 Å². The molecule has 1 aliphatic carbocycles. The molecule has 0 bridgehead atoms. The van der Waals surface area contributed by atoms with Gasteiger partial charge < -0.3 is 9.47 Å². The molecule has 1 aliphatic rings. The Balaban J connectivity index is 2.20. The lowest BCUT2D eigenvalue weighted by molar-refractivity contribution is -0.384. The summed E-state index contributed by atoms with van der Waals surface area (Å²) in [5.74, 6) is 0.250. The molecule has 0 saturated heterocycles. The molecule has 1 saturated carbocycles. The van der Waals surface area contributed by atoms with E-state index in [1.807, 2.05) is 0 Å².